The quantitative estimate of drug-likeness (QED) is 0.870. The van der Waals surface area contributed by atoms with Crippen LogP contribution in [0.25, 0.3) is 0 Å². The molecule has 1 aromatic carbocycles. The average Bonchev–Trinajstić information content (AvgIpc) is 2.85. The van der Waals surface area contributed by atoms with Gasteiger partial charge >= 0.3 is 0 Å². The first-order valence-electron chi connectivity index (χ1n) is 8.12. The average molecular weight is 353 g/mol. The van der Waals surface area contributed by atoms with Gasteiger partial charge in [-0.2, -0.15) is 0 Å². The van der Waals surface area contributed by atoms with E-state index in [0.29, 0.717) is 24.4 Å². The summed E-state index contributed by atoms with van der Waals surface area (Å²) in [5, 5.41) is 14.0. The van der Waals surface area contributed by atoms with Gasteiger partial charge in [-0.3, -0.25) is 9.59 Å². The summed E-state index contributed by atoms with van der Waals surface area (Å²) in [5.74, 6) is -0.334. The highest BCUT2D eigenvalue weighted by Gasteiger charge is 2.38. The van der Waals surface area contributed by atoms with E-state index in [2.05, 4.69) is 5.32 Å². The zero-order chi connectivity index (χ0) is 18.0. The zero-order valence-corrected chi connectivity index (χ0v) is 15.2. The molecule has 1 fully saturated rings. The molecule has 1 heterocycles. The summed E-state index contributed by atoms with van der Waals surface area (Å²) >= 11 is 5.98. The molecule has 2 rings (SSSR count). The summed E-state index contributed by atoms with van der Waals surface area (Å²) in [6, 6.07) is 7.38. The summed E-state index contributed by atoms with van der Waals surface area (Å²) in [7, 11) is 0. The largest absolute Gasteiger partial charge is 0.388 e. The number of likely N-dealkylation sites (tertiary alicyclic amines) is 1. The summed E-state index contributed by atoms with van der Waals surface area (Å²) in [4.78, 5) is 25.7. The van der Waals surface area contributed by atoms with Crippen molar-refractivity contribution in [2.24, 2.45) is 5.41 Å². The molecular formula is C18H25ClN2O3. The van der Waals surface area contributed by atoms with Gasteiger partial charge in [0, 0.05) is 29.9 Å². The van der Waals surface area contributed by atoms with E-state index in [1.54, 1.807) is 31.7 Å². The van der Waals surface area contributed by atoms with Crippen molar-refractivity contribution in [3.8, 4) is 0 Å². The predicted molar refractivity (Wildman–Crippen MR) is 93.8 cm³/mol. The molecule has 5 nitrogen and oxygen atoms in total. The smallest absolute Gasteiger partial charge is 0.242 e. The molecular weight excluding hydrogens is 328 g/mol. The second kappa shape index (κ2) is 7.11. The SMILES string of the molecule is CC(C)(C)C(=O)NCC(=O)N1CCC(O)(Cc2cccc(Cl)c2)C1. The van der Waals surface area contributed by atoms with Gasteiger partial charge in [0.1, 0.15) is 0 Å². The summed E-state index contributed by atoms with van der Waals surface area (Å²) < 4.78 is 0. The number of rotatable bonds is 4. The molecule has 0 bridgehead atoms. The molecule has 0 aliphatic carbocycles. The lowest BCUT2D eigenvalue weighted by Crippen LogP contribution is -2.44. The first kappa shape index (κ1) is 18.7. The third-order valence-electron chi connectivity index (χ3n) is 4.19. The second-order valence-corrected chi connectivity index (χ2v) is 7.97. The van der Waals surface area contributed by atoms with Gasteiger partial charge in [0.2, 0.25) is 11.8 Å². The van der Waals surface area contributed by atoms with Gasteiger partial charge in [-0.25, -0.2) is 0 Å². The molecule has 0 saturated carbocycles. The van der Waals surface area contributed by atoms with Crippen LogP contribution in [-0.4, -0.2) is 47.1 Å². The Bertz CT molecular complexity index is 627. The maximum atomic E-state index is 12.3. The number of halogens is 1. The van der Waals surface area contributed by atoms with E-state index >= 15 is 0 Å². The third kappa shape index (κ3) is 4.95. The van der Waals surface area contributed by atoms with Crippen LogP contribution in [0.3, 0.4) is 0 Å². The van der Waals surface area contributed by atoms with Gasteiger partial charge in [0.25, 0.3) is 0 Å². The zero-order valence-electron chi connectivity index (χ0n) is 14.4. The lowest BCUT2D eigenvalue weighted by Gasteiger charge is -2.24. The summed E-state index contributed by atoms with van der Waals surface area (Å²) in [5.41, 5.74) is -0.534. The van der Waals surface area contributed by atoms with Gasteiger partial charge in [-0.15, -0.1) is 0 Å². The Morgan fingerprint density at radius 2 is 2.08 bits per heavy atom. The van der Waals surface area contributed by atoms with Crippen molar-refractivity contribution in [2.75, 3.05) is 19.6 Å². The van der Waals surface area contributed by atoms with Crippen molar-refractivity contribution in [3.05, 3.63) is 34.9 Å². The van der Waals surface area contributed by atoms with E-state index < -0.39 is 11.0 Å². The van der Waals surface area contributed by atoms with Crippen LogP contribution in [0.15, 0.2) is 24.3 Å². The van der Waals surface area contributed by atoms with E-state index in [4.69, 9.17) is 11.6 Å². The minimum atomic E-state index is -0.950. The molecule has 2 amide bonds. The highest BCUT2D eigenvalue weighted by molar-refractivity contribution is 6.30. The fourth-order valence-electron chi connectivity index (χ4n) is 2.77. The highest BCUT2D eigenvalue weighted by Crippen LogP contribution is 2.26. The van der Waals surface area contributed by atoms with Crippen molar-refractivity contribution < 1.29 is 14.7 Å². The van der Waals surface area contributed by atoms with Crippen molar-refractivity contribution in [2.45, 2.75) is 39.2 Å². The Balaban J connectivity index is 1.89. The Kier molecular flexibility index (Phi) is 5.56. The van der Waals surface area contributed by atoms with Gasteiger partial charge in [-0.1, -0.05) is 44.5 Å². The van der Waals surface area contributed by atoms with Crippen LogP contribution in [0.2, 0.25) is 5.02 Å². The predicted octanol–water partition coefficient (Wildman–Crippen LogP) is 2.01. The number of hydrogen-bond donors (Lipinski definition) is 2. The molecule has 1 aliphatic heterocycles. The standard InChI is InChI=1S/C18H25ClN2O3/c1-17(2,3)16(23)20-11-15(22)21-8-7-18(24,12-21)10-13-5-4-6-14(19)9-13/h4-6,9,24H,7-8,10-12H2,1-3H3,(H,20,23). The van der Waals surface area contributed by atoms with E-state index in [9.17, 15) is 14.7 Å². The Labute approximate surface area is 148 Å². The van der Waals surface area contributed by atoms with E-state index in [-0.39, 0.29) is 24.9 Å². The van der Waals surface area contributed by atoms with Gasteiger partial charge < -0.3 is 15.3 Å². The van der Waals surface area contributed by atoms with Crippen molar-refractivity contribution in [1.29, 1.82) is 0 Å². The molecule has 24 heavy (non-hydrogen) atoms. The number of β-amino-alcohol motifs (C(OH)–C–C–N with tert-alkyl or cyclic N) is 1. The summed E-state index contributed by atoms with van der Waals surface area (Å²) in [6.45, 7) is 6.11. The van der Waals surface area contributed by atoms with Crippen molar-refractivity contribution in [3.63, 3.8) is 0 Å². The minimum Gasteiger partial charge on any atom is -0.388 e. The molecule has 1 aromatic rings. The first-order valence-corrected chi connectivity index (χ1v) is 8.50. The molecule has 132 valence electrons. The lowest BCUT2D eigenvalue weighted by molar-refractivity contribution is -0.135. The van der Waals surface area contributed by atoms with Crippen LogP contribution < -0.4 is 5.32 Å². The fourth-order valence-corrected chi connectivity index (χ4v) is 2.99. The summed E-state index contributed by atoms with van der Waals surface area (Å²) in [6.07, 6.45) is 0.962. The van der Waals surface area contributed by atoms with Gasteiger partial charge in [-0.05, 0) is 24.1 Å². The molecule has 1 atom stereocenters. The number of nitrogens with one attached hydrogen (secondary N) is 1. The number of amides is 2. The van der Waals surface area contributed by atoms with Crippen molar-refractivity contribution in [1.82, 2.24) is 10.2 Å². The maximum absolute atomic E-state index is 12.3. The van der Waals surface area contributed by atoms with Crippen LogP contribution in [-0.2, 0) is 16.0 Å². The molecule has 1 saturated heterocycles. The number of carbonyl (C=O) groups is 2. The molecule has 0 aromatic heterocycles. The van der Waals surface area contributed by atoms with E-state index in [1.807, 2.05) is 18.2 Å². The second-order valence-electron chi connectivity index (χ2n) is 7.53. The van der Waals surface area contributed by atoms with E-state index in [1.165, 1.54) is 0 Å². The van der Waals surface area contributed by atoms with Crippen LogP contribution in [0.1, 0.15) is 32.8 Å². The Hall–Kier alpha value is -1.59. The van der Waals surface area contributed by atoms with Crippen molar-refractivity contribution >= 4 is 23.4 Å². The van der Waals surface area contributed by atoms with Gasteiger partial charge in [0.05, 0.1) is 12.1 Å². The third-order valence-corrected chi connectivity index (χ3v) is 4.42. The number of nitrogens with zero attached hydrogens (tertiary/aromatic N) is 1. The number of hydrogen-bond acceptors (Lipinski definition) is 3. The molecule has 0 spiro atoms. The first-order chi connectivity index (χ1) is 11.1. The monoisotopic (exact) mass is 352 g/mol. The molecule has 2 N–H and O–H groups in total. The maximum Gasteiger partial charge on any atom is 0.242 e. The van der Waals surface area contributed by atoms with Crippen LogP contribution in [0.5, 0.6) is 0 Å². The normalized spacial score (nSPS) is 21.0. The number of aliphatic hydroxyl groups is 1. The van der Waals surface area contributed by atoms with Crippen LogP contribution >= 0.6 is 11.6 Å². The Morgan fingerprint density at radius 1 is 1.38 bits per heavy atom. The highest BCUT2D eigenvalue weighted by atomic mass is 35.5. The lowest BCUT2D eigenvalue weighted by atomic mass is 9.94. The number of carbonyl (C=O) groups excluding carboxylic acids is 2. The number of benzene rings is 1. The molecule has 1 unspecified atom stereocenters. The van der Waals surface area contributed by atoms with Gasteiger partial charge in [0.15, 0.2) is 0 Å². The molecule has 0 radical (unpaired) electrons. The van der Waals surface area contributed by atoms with Crippen LogP contribution in [0, 0.1) is 5.41 Å². The minimum absolute atomic E-state index is 0.0383. The van der Waals surface area contributed by atoms with E-state index in [0.717, 1.165) is 5.56 Å². The Morgan fingerprint density at radius 3 is 2.71 bits per heavy atom. The fraction of sp³-hybridized carbons (Fsp3) is 0.556. The molecule has 1 aliphatic rings. The molecule has 6 heteroatoms. The topological polar surface area (TPSA) is 69.6 Å². The van der Waals surface area contributed by atoms with Crippen LogP contribution in [0.4, 0.5) is 0 Å².